The molecule has 0 bridgehead atoms. The van der Waals surface area contributed by atoms with E-state index in [1.807, 2.05) is 13.2 Å². The minimum absolute atomic E-state index is 0.0278. The molecule has 0 aromatic rings. The van der Waals surface area contributed by atoms with Crippen molar-refractivity contribution in [3.8, 4) is 0 Å². The van der Waals surface area contributed by atoms with Crippen molar-refractivity contribution in [1.82, 2.24) is 4.31 Å². The first kappa shape index (κ1) is 12.6. The Balaban J connectivity index is 4.02. The van der Waals surface area contributed by atoms with E-state index in [0.29, 0.717) is 0 Å². The molecule has 1 unspecified atom stereocenters. The molecule has 0 fully saturated rings. The molecule has 6 heteroatoms. The minimum atomic E-state index is -3.54. The van der Waals surface area contributed by atoms with Crippen molar-refractivity contribution in [2.75, 3.05) is 19.1 Å². The van der Waals surface area contributed by atoms with E-state index in [2.05, 4.69) is 0 Å². The molecule has 3 nitrogen and oxygen atoms in total. The first-order valence-corrected chi connectivity index (χ1v) is 7.22. The molecular weight excluding hydrogens is 218 g/mol. The molecule has 74 valence electrons. The molecule has 12 heavy (non-hydrogen) atoms. The van der Waals surface area contributed by atoms with Crippen LogP contribution in [-0.4, -0.2) is 37.8 Å². The molecule has 0 aliphatic carbocycles. The van der Waals surface area contributed by atoms with Crippen molar-refractivity contribution < 1.29 is 8.42 Å². The summed E-state index contributed by atoms with van der Waals surface area (Å²) in [4.78, 5) is 0. The zero-order valence-electron chi connectivity index (χ0n) is 7.45. The molecule has 0 heterocycles. The van der Waals surface area contributed by atoms with Crippen molar-refractivity contribution in [1.29, 1.82) is 0 Å². The topological polar surface area (TPSA) is 37.4 Å². The normalized spacial score (nSPS) is 15.1. The Kier molecular flexibility index (Phi) is 5.56. The van der Waals surface area contributed by atoms with E-state index in [1.165, 1.54) is 11.4 Å². The summed E-state index contributed by atoms with van der Waals surface area (Å²) in [5.41, 5.74) is 0. The fourth-order valence-electron chi connectivity index (χ4n) is 0.685. The highest BCUT2D eigenvalue weighted by Crippen LogP contribution is 2.12. The molecule has 0 radical (unpaired) electrons. The fourth-order valence-corrected chi connectivity index (χ4v) is 2.21. The van der Waals surface area contributed by atoms with E-state index < -0.39 is 9.24 Å². The van der Waals surface area contributed by atoms with Gasteiger partial charge in [-0.3, -0.25) is 0 Å². The maximum atomic E-state index is 10.8. The van der Waals surface area contributed by atoms with Gasteiger partial charge in [-0.2, -0.15) is 24.5 Å². The summed E-state index contributed by atoms with van der Waals surface area (Å²) in [5, 5.41) is 0. The molecule has 0 spiro atoms. The summed E-state index contributed by atoms with van der Waals surface area (Å²) in [5.74, 6) is 0.942. The molecule has 0 N–H and O–H groups in total. The highest BCUT2D eigenvalue weighted by atomic mass is 35.7. The zero-order valence-corrected chi connectivity index (χ0v) is 9.84. The van der Waals surface area contributed by atoms with Crippen LogP contribution in [0.15, 0.2) is 0 Å². The average molecular weight is 232 g/mol. The van der Waals surface area contributed by atoms with Crippen LogP contribution in [0.1, 0.15) is 13.3 Å². The van der Waals surface area contributed by atoms with Crippen LogP contribution in [0, 0.1) is 0 Å². The van der Waals surface area contributed by atoms with E-state index in [4.69, 9.17) is 10.7 Å². The minimum Gasteiger partial charge on any atom is -0.195 e. The number of rotatable bonds is 5. The van der Waals surface area contributed by atoms with Crippen molar-refractivity contribution in [2.24, 2.45) is 0 Å². The van der Waals surface area contributed by atoms with Crippen LogP contribution in [0.3, 0.4) is 0 Å². The van der Waals surface area contributed by atoms with Gasteiger partial charge < -0.3 is 0 Å². The van der Waals surface area contributed by atoms with Crippen molar-refractivity contribution in [3.63, 3.8) is 0 Å². The van der Waals surface area contributed by atoms with Gasteiger partial charge in [0.2, 0.25) is 0 Å². The van der Waals surface area contributed by atoms with Crippen LogP contribution >= 0.6 is 22.4 Å². The first-order chi connectivity index (χ1) is 5.39. The van der Waals surface area contributed by atoms with Crippen LogP contribution < -0.4 is 0 Å². The Hall–Kier alpha value is 0.550. The lowest BCUT2D eigenvalue weighted by Gasteiger charge is -2.20. The maximum absolute atomic E-state index is 10.8. The second kappa shape index (κ2) is 5.32. The van der Waals surface area contributed by atoms with Crippen LogP contribution in [0.5, 0.6) is 0 Å². The van der Waals surface area contributed by atoms with Crippen LogP contribution in [0.4, 0.5) is 0 Å². The summed E-state index contributed by atoms with van der Waals surface area (Å²) in [7, 11) is 3.11. The Bertz CT molecular complexity index is 218. The van der Waals surface area contributed by atoms with E-state index in [0.717, 1.165) is 12.2 Å². The van der Waals surface area contributed by atoms with E-state index in [9.17, 15) is 8.42 Å². The molecule has 0 aromatic carbocycles. The van der Waals surface area contributed by atoms with Crippen molar-refractivity contribution >= 4 is 31.7 Å². The molecule has 0 amide bonds. The lowest BCUT2D eigenvalue weighted by atomic mass is 10.3. The molecule has 0 aromatic heterocycles. The summed E-state index contributed by atoms with van der Waals surface area (Å²) < 4.78 is 22.8. The molecule has 0 aliphatic rings. The van der Waals surface area contributed by atoms with Crippen LogP contribution in [0.25, 0.3) is 0 Å². The molecule has 0 rings (SSSR count). The standard InChI is InChI=1S/C6H14ClNO2S2/c1-6(4-5-11-3)8(2)12(7,9)10/h6H,4-5H2,1-3H3. The van der Waals surface area contributed by atoms with Crippen molar-refractivity contribution in [3.05, 3.63) is 0 Å². The van der Waals surface area contributed by atoms with Gasteiger partial charge in [0.15, 0.2) is 0 Å². The molecular formula is C6H14ClNO2S2. The summed E-state index contributed by atoms with van der Waals surface area (Å²) in [6.07, 6.45) is 2.81. The number of thioether (sulfide) groups is 1. The largest absolute Gasteiger partial charge is 0.299 e. The quantitative estimate of drug-likeness (QED) is 0.674. The van der Waals surface area contributed by atoms with Crippen molar-refractivity contribution in [2.45, 2.75) is 19.4 Å². The Morgan fingerprint density at radius 3 is 2.42 bits per heavy atom. The van der Waals surface area contributed by atoms with E-state index >= 15 is 0 Å². The van der Waals surface area contributed by atoms with E-state index in [1.54, 1.807) is 11.8 Å². The second-order valence-corrected chi connectivity index (χ2v) is 6.14. The zero-order chi connectivity index (χ0) is 9.78. The molecule has 0 saturated carbocycles. The van der Waals surface area contributed by atoms with Gasteiger partial charge in [0, 0.05) is 23.8 Å². The Morgan fingerprint density at radius 1 is 1.58 bits per heavy atom. The lowest BCUT2D eigenvalue weighted by molar-refractivity contribution is 0.391. The molecule has 1 atom stereocenters. The van der Waals surface area contributed by atoms with Gasteiger partial charge in [-0.05, 0) is 25.4 Å². The van der Waals surface area contributed by atoms with Gasteiger partial charge in [0.05, 0.1) is 0 Å². The smallest absolute Gasteiger partial charge is 0.195 e. The van der Waals surface area contributed by atoms with E-state index in [-0.39, 0.29) is 6.04 Å². The predicted molar refractivity (Wildman–Crippen MR) is 55.0 cm³/mol. The maximum Gasteiger partial charge on any atom is 0.299 e. The number of hydrogen-bond acceptors (Lipinski definition) is 3. The van der Waals surface area contributed by atoms with Gasteiger partial charge in [-0.25, -0.2) is 0 Å². The lowest BCUT2D eigenvalue weighted by Crippen LogP contribution is -2.32. The van der Waals surface area contributed by atoms with Crippen LogP contribution in [-0.2, 0) is 9.24 Å². The highest BCUT2D eigenvalue weighted by Gasteiger charge is 2.19. The third kappa shape index (κ3) is 4.54. The summed E-state index contributed by atoms with van der Waals surface area (Å²) in [6.45, 7) is 1.84. The second-order valence-electron chi connectivity index (χ2n) is 2.59. The Morgan fingerprint density at radius 2 is 2.08 bits per heavy atom. The van der Waals surface area contributed by atoms with Gasteiger partial charge in [0.1, 0.15) is 0 Å². The number of hydrogen-bond donors (Lipinski definition) is 0. The number of nitrogens with zero attached hydrogens (tertiary/aromatic N) is 1. The predicted octanol–water partition coefficient (Wildman–Crippen LogP) is 1.54. The van der Waals surface area contributed by atoms with Gasteiger partial charge in [-0.15, -0.1) is 0 Å². The fraction of sp³-hybridized carbons (Fsp3) is 1.00. The third-order valence-electron chi connectivity index (χ3n) is 1.70. The monoisotopic (exact) mass is 231 g/mol. The SMILES string of the molecule is CSCCC(C)N(C)S(=O)(=O)Cl. The summed E-state index contributed by atoms with van der Waals surface area (Å²) >= 11 is 1.69. The third-order valence-corrected chi connectivity index (χ3v) is 4.05. The van der Waals surface area contributed by atoms with Gasteiger partial charge in [-0.1, -0.05) is 0 Å². The molecule has 0 aliphatic heterocycles. The highest BCUT2D eigenvalue weighted by molar-refractivity contribution is 8.11. The van der Waals surface area contributed by atoms with Crippen LogP contribution in [0.2, 0.25) is 0 Å². The first-order valence-electron chi connectivity index (χ1n) is 3.56. The average Bonchev–Trinajstić information content (AvgIpc) is 1.97. The van der Waals surface area contributed by atoms with Gasteiger partial charge >= 0.3 is 0 Å². The van der Waals surface area contributed by atoms with Gasteiger partial charge in [0.25, 0.3) is 9.24 Å². The molecule has 0 saturated heterocycles. The summed E-state index contributed by atoms with van der Waals surface area (Å²) in [6, 6.07) is -0.0278. The number of halogens is 1. The Labute approximate surface area is 83.0 Å².